The number of hydrogen-bond acceptors (Lipinski definition) is 2. The smallest absolute Gasteiger partial charge is 0.166 e. The second kappa shape index (κ2) is 3.23. The highest BCUT2D eigenvalue weighted by Crippen LogP contribution is 2.26. The van der Waals surface area contributed by atoms with Gasteiger partial charge in [0.2, 0.25) is 0 Å². The van der Waals surface area contributed by atoms with Crippen molar-refractivity contribution in [3.63, 3.8) is 0 Å². The van der Waals surface area contributed by atoms with Crippen LogP contribution in [0.1, 0.15) is 17.3 Å². The Labute approximate surface area is 77.2 Å². The first-order chi connectivity index (χ1) is 5.54. The van der Waals surface area contributed by atoms with Crippen LogP contribution in [-0.4, -0.2) is 10.9 Å². The second-order valence-electron chi connectivity index (χ2n) is 2.31. The van der Waals surface area contributed by atoms with E-state index in [-0.39, 0.29) is 15.8 Å². The van der Waals surface area contributed by atoms with Crippen molar-refractivity contribution < 1.29 is 14.3 Å². The molecule has 1 aromatic rings. The van der Waals surface area contributed by atoms with Crippen molar-refractivity contribution in [3.8, 4) is 5.75 Å². The van der Waals surface area contributed by atoms with Gasteiger partial charge in [-0.1, -0.05) is 0 Å². The summed E-state index contributed by atoms with van der Waals surface area (Å²) in [4.78, 5) is 10.8. The summed E-state index contributed by atoms with van der Waals surface area (Å²) in [6.45, 7) is 1.20. The summed E-state index contributed by atoms with van der Waals surface area (Å²) >= 11 is 2.91. The van der Waals surface area contributed by atoms with Gasteiger partial charge in [0.05, 0.1) is 10.0 Å². The number of rotatable bonds is 1. The molecule has 0 fully saturated rings. The molecule has 0 bridgehead atoms. The molecule has 0 heterocycles. The van der Waals surface area contributed by atoms with Crippen LogP contribution in [0.25, 0.3) is 0 Å². The van der Waals surface area contributed by atoms with Crippen molar-refractivity contribution in [2.24, 2.45) is 0 Å². The summed E-state index contributed by atoms with van der Waals surface area (Å²) in [6, 6.07) is 2.61. The molecule has 0 radical (unpaired) electrons. The number of halogens is 2. The summed E-state index contributed by atoms with van der Waals surface area (Å²) < 4.78 is 13.3. The molecule has 0 atom stereocenters. The van der Waals surface area contributed by atoms with Crippen molar-refractivity contribution in [1.82, 2.24) is 0 Å². The number of carbonyl (C=O) groups is 1. The number of aromatic hydroxyl groups is 1. The van der Waals surface area contributed by atoms with Gasteiger partial charge < -0.3 is 5.11 Å². The standard InChI is InChI=1S/C8H6BrFO2/c1-4(11)7-6(12)3-2-5(9)8(7)10/h2-3,12H,1H3. The molecule has 64 valence electrons. The highest BCUT2D eigenvalue weighted by molar-refractivity contribution is 9.10. The minimum atomic E-state index is -0.720. The van der Waals surface area contributed by atoms with Gasteiger partial charge in [0.25, 0.3) is 0 Å². The molecule has 0 aliphatic heterocycles. The summed E-state index contributed by atoms with van der Waals surface area (Å²) in [7, 11) is 0. The van der Waals surface area contributed by atoms with Gasteiger partial charge in [-0.3, -0.25) is 4.79 Å². The van der Waals surface area contributed by atoms with E-state index in [1.807, 2.05) is 0 Å². The lowest BCUT2D eigenvalue weighted by Crippen LogP contribution is -1.98. The van der Waals surface area contributed by atoms with E-state index in [0.717, 1.165) is 0 Å². The number of Topliss-reactive ketones (excluding diaryl/α,β-unsaturated/α-hetero) is 1. The van der Waals surface area contributed by atoms with Gasteiger partial charge in [-0.15, -0.1) is 0 Å². The number of carbonyl (C=O) groups excluding carboxylic acids is 1. The summed E-state index contributed by atoms with van der Waals surface area (Å²) in [6.07, 6.45) is 0. The van der Waals surface area contributed by atoms with E-state index in [0.29, 0.717) is 0 Å². The minimum Gasteiger partial charge on any atom is -0.507 e. The fourth-order valence-corrected chi connectivity index (χ4v) is 1.21. The average molecular weight is 233 g/mol. The number of ketones is 1. The van der Waals surface area contributed by atoms with E-state index >= 15 is 0 Å². The molecular weight excluding hydrogens is 227 g/mol. The molecule has 1 aromatic carbocycles. The number of phenols is 1. The van der Waals surface area contributed by atoms with Crippen molar-refractivity contribution >= 4 is 21.7 Å². The molecular formula is C8H6BrFO2. The highest BCUT2D eigenvalue weighted by atomic mass is 79.9. The Bertz CT molecular complexity index is 336. The van der Waals surface area contributed by atoms with Crippen LogP contribution in [0.5, 0.6) is 5.75 Å². The lowest BCUT2D eigenvalue weighted by atomic mass is 10.1. The number of hydrogen-bond donors (Lipinski definition) is 1. The van der Waals surface area contributed by atoms with Gasteiger partial charge in [-0.2, -0.15) is 0 Å². The van der Waals surface area contributed by atoms with Gasteiger partial charge in [0.15, 0.2) is 11.6 Å². The average Bonchev–Trinajstić information content (AvgIpc) is 1.97. The van der Waals surface area contributed by atoms with Crippen molar-refractivity contribution in [2.75, 3.05) is 0 Å². The van der Waals surface area contributed by atoms with Crippen LogP contribution in [0.2, 0.25) is 0 Å². The third-order valence-electron chi connectivity index (χ3n) is 1.42. The molecule has 0 unspecified atom stereocenters. The molecule has 1 rings (SSSR count). The molecule has 0 saturated heterocycles. The molecule has 0 aliphatic rings. The largest absolute Gasteiger partial charge is 0.507 e. The summed E-state index contributed by atoms with van der Waals surface area (Å²) in [5.74, 6) is -1.54. The quantitative estimate of drug-likeness (QED) is 0.756. The Kier molecular flexibility index (Phi) is 2.47. The summed E-state index contributed by atoms with van der Waals surface area (Å²) in [5.41, 5.74) is -0.274. The first-order valence-corrected chi connectivity index (χ1v) is 4.01. The third kappa shape index (κ3) is 1.48. The molecule has 0 amide bonds. The van der Waals surface area contributed by atoms with Gasteiger partial charge in [0.1, 0.15) is 5.75 Å². The zero-order valence-corrected chi connectivity index (χ0v) is 7.85. The Morgan fingerprint density at radius 1 is 1.58 bits per heavy atom. The monoisotopic (exact) mass is 232 g/mol. The number of benzene rings is 1. The summed E-state index contributed by atoms with van der Waals surface area (Å²) in [5, 5.41) is 9.10. The maximum atomic E-state index is 13.1. The van der Waals surface area contributed by atoms with Gasteiger partial charge in [-0.05, 0) is 35.0 Å². The Balaban J connectivity index is 3.43. The predicted molar refractivity (Wildman–Crippen MR) is 45.8 cm³/mol. The van der Waals surface area contributed by atoms with Crippen LogP contribution in [0.3, 0.4) is 0 Å². The first-order valence-electron chi connectivity index (χ1n) is 3.22. The SMILES string of the molecule is CC(=O)c1c(O)ccc(Br)c1F. The minimum absolute atomic E-state index is 0.172. The van der Waals surface area contributed by atoms with Crippen molar-refractivity contribution in [2.45, 2.75) is 6.92 Å². The van der Waals surface area contributed by atoms with Crippen LogP contribution < -0.4 is 0 Å². The predicted octanol–water partition coefficient (Wildman–Crippen LogP) is 2.50. The molecule has 0 aromatic heterocycles. The Hall–Kier alpha value is -0.900. The highest BCUT2D eigenvalue weighted by Gasteiger charge is 2.14. The van der Waals surface area contributed by atoms with Crippen LogP contribution in [0.15, 0.2) is 16.6 Å². The maximum Gasteiger partial charge on any atom is 0.166 e. The fraction of sp³-hybridized carbons (Fsp3) is 0.125. The molecule has 0 aliphatic carbocycles. The van der Waals surface area contributed by atoms with Crippen LogP contribution in [0.4, 0.5) is 4.39 Å². The van der Waals surface area contributed by atoms with Gasteiger partial charge >= 0.3 is 0 Å². The van der Waals surface area contributed by atoms with E-state index in [1.54, 1.807) is 0 Å². The molecule has 0 spiro atoms. The van der Waals surface area contributed by atoms with Crippen LogP contribution >= 0.6 is 15.9 Å². The van der Waals surface area contributed by atoms with Gasteiger partial charge in [-0.25, -0.2) is 4.39 Å². The number of phenolic OH excluding ortho intramolecular Hbond substituents is 1. The van der Waals surface area contributed by atoms with E-state index < -0.39 is 11.6 Å². The lowest BCUT2D eigenvalue weighted by Gasteiger charge is -2.02. The zero-order valence-electron chi connectivity index (χ0n) is 6.27. The third-order valence-corrected chi connectivity index (χ3v) is 2.04. The molecule has 4 heteroatoms. The van der Waals surface area contributed by atoms with Crippen LogP contribution in [-0.2, 0) is 0 Å². The second-order valence-corrected chi connectivity index (χ2v) is 3.17. The van der Waals surface area contributed by atoms with Crippen molar-refractivity contribution in [3.05, 3.63) is 28.0 Å². The van der Waals surface area contributed by atoms with Crippen LogP contribution in [0, 0.1) is 5.82 Å². The molecule has 1 N–H and O–H groups in total. The molecule has 12 heavy (non-hydrogen) atoms. The fourth-order valence-electron chi connectivity index (χ4n) is 0.875. The lowest BCUT2D eigenvalue weighted by molar-refractivity contribution is 0.101. The van der Waals surface area contributed by atoms with E-state index in [2.05, 4.69) is 15.9 Å². The zero-order chi connectivity index (χ0) is 9.30. The van der Waals surface area contributed by atoms with E-state index in [4.69, 9.17) is 5.11 Å². The van der Waals surface area contributed by atoms with Gasteiger partial charge in [0, 0.05) is 0 Å². The van der Waals surface area contributed by atoms with E-state index in [9.17, 15) is 9.18 Å². The molecule has 2 nitrogen and oxygen atoms in total. The maximum absolute atomic E-state index is 13.1. The van der Waals surface area contributed by atoms with Crippen molar-refractivity contribution in [1.29, 1.82) is 0 Å². The Morgan fingerprint density at radius 2 is 2.17 bits per heavy atom. The normalized spacial score (nSPS) is 9.92. The Morgan fingerprint density at radius 3 is 2.58 bits per heavy atom. The molecule has 0 saturated carbocycles. The topological polar surface area (TPSA) is 37.3 Å². The van der Waals surface area contributed by atoms with E-state index in [1.165, 1.54) is 19.1 Å². The first kappa shape index (κ1) is 9.19.